The molecule has 158 valence electrons. The molecular weight excluding hydrogens is 475 g/mol. The Kier molecular flexibility index (Phi) is 6.41. The van der Waals surface area contributed by atoms with Crippen LogP contribution < -0.4 is 40.0 Å². The number of nitrogens with one attached hydrogen (secondary N) is 1. The van der Waals surface area contributed by atoms with Gasteiger partial charge in [-0.1, -0.05) is 35.6 Å². The van der Waals surface area contributed by atoms with Gasteiger partial charge in [0.05, 0.1) is 22.2 Å². The number of rotatable bonds is 1. The second-order valence-electron chi connectivity index (χ2n) is 6.82. The first-order valence-corrected chi connectivity index (χ1v) is 9.76. The molecule has 0 radical (unpaired) electrons. The molecule has 0 fully saturated rings. The van der Waals surface area contributed by atoms with Crippen LogP contribution >= 0.6 is 22.9 Å². The fourth-order valence-corrected chi connectivity index (χ4v) is 4.75. The van der Waals surface area contributed by atoms with Crippen molar-refractivity contribution in [2.24, 2.45) is 0 Å². The Morgan fingerprint density at radius 3 is 2.29 bits per heavy atom. The van der Waals surface area contributed by atoms with E-state index in [-0.39, 0.29) is 57.5 Å². The van der Waals surface area contributed by atoms with Gasteiger partial charge in [0.2, 0.25) is 0 Å². The third-order valence-electron chi connectivity index (χ3n) is 4.83. The minimum Gasteiger partial charge on any atom is -0.871 e. The van der Waals surface area contributed by atoms with E-state index < -0.39 is 29.5 Å². The van der Waals surface area contributed by atoms with Crippen LogP contribution in [-0.4, -0.2) is 6.04 Å². The van der Waals surface area contributed by atoms with Crippen molar-refractivity contribution in [1.29, 1.82) is 0 Å². The smallest absolute Gasteiger partial charge is 0.871 e. The van der Waals surface area contributed by atoms with Crippen LogP contribution in [0.15, 0.2) is 41.4 Å². The third kappa shape index (κ3) is 4.30. The van der Waals surface area contributed by atoms with Gasteiger partial charge in [0, 0.05) is 20.7 Å². The van der Waals surface area contributed by atoms with E-state index in [1.54, 1.807) is 6.92 Å². The molecular formula is C20H11ClF6NNaOS. The van der Waals surface area contributed by atoms with Crippen molar-refractivity contribution in [1.82, 2.24) is 0 Å². The van der Waals surface area contributed by atoms with E-state index in [1.165, 1.54) is 29.5 Å². The summed E-state index contributed by atoms with van der Waals surface area (Å²) in [4.78, 5) is 0. The van der Waals surface area contributed by atoms with Crippen LogP contribution in [0.5, 0.6) is 0 Å². The SMILES string of the molecule is CC1Nc2sc3cc(-c4ccc(C(F)(F)F)cc4C(F)(F)F)ccc3c2C([O-])=C1Cl.[Na+]. The number of hydrogen-bond acceptors (Lipinski definition) is 3. The second-order valence-corrected chi connectivity index (χ2v) is 8.28. The Balaban J connectivity index is 0.00000272. The molecule has 0 aliphatic carbocycles. The summed E-state index contributed by atoms with van der Waals surface area (Å²) >= 11 is 7.22. The van der Waals surface area contributed by atoms with E-state index in [4.69, 9.17) is 11.6 Å². The molecule has 1 aliphatic rings. The first-order chi connectivity index (χ1) is 13.9. The van der Waals surface area contributed by atoms with Gasteiger partial charge in [0.25, 0.3) is 0 Å². The zero-order valence-corrected chi connectivity index (χ0v) is 19.6. The van der Waals surface area contributed by atoms with E-state index in [1.807, 2.05) is 0 Å². The summed E-state index contributed by atoms with van der Waals surface area (Å²) in [6.45, 7) is 1.71. The van der Waals surface area contributed by atoms with Crippen LogP contribution in [0.3, 0.4) is 0 Å². The maximum atomic E-state index is 13.5. The molecule has 0 bridgehead atoms. The topological polar surface area (TPSA) is 35.1 Å². The fourth-order valence-electron chi connectivity index (χ4n) is 3.37. The van der Waals surface area contributed by atoms with Gasteiger partial charge in [-0.05, 0) is 36.2 Å². The van der Waals surface area contributed by atoms with Gasteiger partial charge in [0.15, 0.2) is 0 Å². The molecule has 0 saturated heterocycles. The number of halogens is 7. The molecule has 3 aromatic rings. The average molecular weight is 486 g/mol. The van der Waals surface area contributed by atoms with Gasteiger partial charge in [-0.2, -0.15) is 26.3 Å². The number of alkyl halides is 6. The van der Waals surface area contributed by atoms with Gasteiger partial charge >= 0.3 is 41.9 Å². The summed E-state index contributed by atoms with van der Waals surface area (Å²) in [6.07, 6.45) is -9.87. The maximum Gasteiger partial charge on any atom is 1.00 e. The fraction of sp³-hybridized carbons (Fsp3) is 0.200. The standard InChI is InChI=1S/C20H12ClF6NOS.Na/c1-8-16(21)17(29)15-12-4-2-9(6-14(12)30-18(15)28-8)11-5-3-10(19(22,23)24)7-13(11)20(25,26)27;/h2-8,28-29H,1H3;/q;+1/p-1. The summed E-state index contributed by atoms with van der Waals surface area (Å²) in [6, 6.07) is 5.42. The monoisotopic (exact) mass is 485 g/mol. The van der Waals surface area contributed by atoms with Crippen LogP contribution in [0, 0.1) is 0 Å². The van der Waals surface area contributed by atoms with Gasteiger partial charge in [-0.15, -0.1) is 11.3 Å². The van der Waals surface area contributed by atoms with Crippen LogP contribution in [0.4, 0.5) is 31.3 Å². The molecule has 1 unspecified atom stereocenters. The third-order valence-corrected chi connectivity index (χ3v) is 6.41. The molecule has 0 saturated carbocycles. The largest absolute Gasteiger partial charge is 1.00 e. The average Bonchev–Trinajstić information content (AvgIpc) is 3.01. The summed E-state index contributed by atoms with van der Waals surface area (Å²) < 4.78 is 79.8. The van der Waals surface area contributed by atoms with Crippen LogP contribution in [0.1, 0.15) is 23.6 Å². The number of anilines is 1. The van der Waals surface area contributed by atoms with Crippen molar-refractivity contribution in [2.75, 3.05) is 5.32 Å². The molecule has 1 atom stereocenters. The Labute approximate surface area is 203 Å². The summed E-state index contributed by atoms with van der Waals surface area (Å²) in [5, 5.41) is 16.8. The van der Waals surface area contributed by atoms with E-state index in [9.17, 15) is 31.4 Å². The minimum atomic E-state index is -4.98. The summed E-state index contributed by atoms with van der Waals surface area (Å²) in [7, 11) is 0. The van der Waals surface area contributed by atoms with Gasteiger partial charge in [-0.3, -0.25) is 0 Å². The molecule has 31 heavy (non-hydrogen) atoms. The number of hydrogen-bond donors (Lipinski definition) is 1. The van der Waals surface area contributed by atoms with Crippen molar-refractivity contribution in [2.45, 2.75) is 25.3 Å². The predicted molar refractivity (Wildman–Crippen MR) is 103 cm³/mol. The molecule has 2 heterocycles. The number of fused-ring (bicyclic) bond motifs is 3. The van der Waals surface area contributed by atoms with Crippen LogP contribution in [0.25, 0.3) is 27.0 Å². The van der Waals surface area contributed by atoms with Gasteiger partial charge in [-0.25, -0.2) is 0 Å². The predicted octanol–water partition coefficient (Wildman–Crippen LogP) is 3.69. The Morgan fingerprint density at radius 2 is 1.68 bits per heavy atom. The van der Waals surface area contributed by atoms with E-state index >= 15 is 0 Å². The second kappa shape index (κ2) is 8.19. The molecule has 1 aromatic heterocycles. The molecule has 1 N–H and O–H groups in total. The normalized spacial score (nSPS) is 16.7. The number of thiophene rings is 1. The van der Waals surface area contributed by atoms with Crippen molar-refractivity contribution in [3.8, 4) is 11.1 Å². The molecule has 2 aromatic carbocycles. The minimum absolute atomic E-state index is 0. The van der Waals surface area contributed by atoms with E-state index in [0.717, 1.165) is 6.07 Å². The van der Waals surface area contributed by atoms with Gasteiger partial charge < -0.3 is 10.4 Å². The molecule has 0 spiro atoms. The van der Waals surface area contributed by atoms with Crippen LogP contribution in [0.2, 0.25) is 0 Å². The molecule has 11 heteroatoms. The Bertz CT molecular complexity index is 1200. The maximum absolute atomic E-state index is 13.5. The number of benzene rings is 2. The van der Waals surface area contributed by atoms with Gasteiger partial charge in [0.1, 0.15) is 0 Å². The molecule has 4 rings (SSSR count). The first-order valence-electron chi connectivity index (χ1n) is 8.57. The van der Waals surface area contributed by atoms with E-state index in [2.05, 4.69) is 5.32 Å². The molecule has 2 nitrogen and oxygen atoms in total. The van der Waals surface area contributed by atoms with Crippen molar-refractivity contribution in [3.05, 3.63) is 58.1 Å². The van der Waals surface area contributed by atoms with Crippen LogP contribution in [-0.2, 0) is 12.4 Å². The summed E-state index contributed by atoms with van der Waals surface area (Å²) in [5.74, 6) is -0.359. The zero-order chi connectivity index (χ0) is 22.0. The van der Waals surface area contributed by atoms with Crippen molar-refractivity contribution >= 4 is 43.8 Å². The Hall–Kier alpha value is -1.39. The van der Waals surface area contributed by atoms with E-state index in [0.29, 0.717) is 26.7 Å². The van der Waals surface area contributed by atoms with Crippen molar-refractivity contribution < 1.29 is 61.0 Å². The quantitative estimate of drug-likeness (QED) is 0.421. The Morgan fingerprint density at radius 1 is 1.00 bits per heavy atom. The summed E-state index contributed by atoms with van der Waals surface area (Å²) in [5.41, 5.74) is -2.69. The molecule has 0 amide bonds. The molecule has 1 aliphatic heterocycles. The first kappa shape index (κ1) is 24.3. The zero-order valence-electron chi connectivity index (χ0n) is 16.0. The van der Waals surface area contributed by atoms with Crippen molar-refractivity contribution in [3.63, 3.8) is 0 Å².